The molecule has 0 aliphatic heterocycles. The van der Waals surface area contributed by atoms with Crippen LogP contribution in [0.2, 0.25) is 0 Å². The van der Waals surface area contributed by atoms with Gasteiger partial charge in [-0.05, 0) is 37.3 Å². The highest BCUT2D eigenvalue weighted by Crippen LogP contribution is 2.39. The van der Waals surface area contributed by atoms with Crippen molar-refractivity contribution in [2.45, 2.75) is 38.9 Å². The first-order valence-corrected chi connectivity index (χ1v) is 11.3. The van der Waals surface area contributed by atoms with Crippen molar-refractivity contribution in [3.8, 4) is 11.4 Å². The Morgan fingerprint density at radius 2 is 1.97 bits per heavy atom. The fourth-order valence-corrected chi connectivity index (χ4v) is 4.74. The van der Waals surface area contributed by atoms with E-state index in [2.05, 4.69) is 30.7 Å². The largest absolute Gasteiger partial charge is 0.427 e. The van der Waals surface area contributed by atoms with Gasteiger partial charge in [0.2, 0.25) is 17.6 Å². The molecule has 2 N–H and O–H groups in total. The summed E-state index contributed by atoms with van der Waals surface area (Å²) in [6, 6.07) is 7.69. The van der Waals surface area contributed by atoms with Gasteiger partial charge in [0.15, 0.2) is 5.13 Å². The van der Waals surface area contributed by atoms with Gasteiger partial charge < -0.3 is 15.2 Å². The number of alkyl halides is 3. The van der Waals surface area contributed by atoms with Crippen LogP contribution < -0.4 is 10.6 Å². The number of benzene rings is 1. The number of aromatic nitrogens is 4. The predicted octanol–water partition coefficient (Wildman–Crippen LogP) is 5.21. The average molecular weight is 488 g/mol. The highest BCUT2D eigenvalue weighted by Gasteiger charge is 2.38. The fraction of sp³-hybridized carbons (Fsp3) is 0.318. The van der Waals surface area contributed by atoms with E-state index in [0.717, 1.165) is 16.3 Å². The Balaban J connectivity index is 1.25. The first-order valence-electron chi connectivity index (χ1n) is 10.5. The van der Waals surface area contributed by atoms with Crippen LogP contribution in [-0.2, 0) is 11.0 Å². The van der Waals surface area contributed by atoms with Crippen molar-refractivity contribution < 1.29 is 22.5 Å². The number of carbonyl (C=O) groups is 1. The Hall–Kier alpha value is -3.54. The zero-order chi connectivity index (χ0) is 24.0. The van der Waals surface area contributed by atoms with Crippen LogP contribution in [0.25, 0.3) is 22.2 Å². The van der Waals surface area contributed by atoms with Crippen molar-refractivity contribution in [2.75, 3.05) is 10.6 Å². The molecular formula is C22H19F3N6O2S. The molecule has 0 bridgehead atoms. The maximum absolute atomic E-state index is 13.0. The molecule has 1 aliphatic carbocycles. The summed E-state index contributed by atoms with van der Waals surface area (Å²) in [5.74, 6) is 0.987. The van der Waals surface area contributed by atoms with Crippen LogP contribution in [0.15, 0.2) is 35.0 Å². The zero-order valence-electron chi connectivity index (χ0n) is 18.1. The molecule has 3 aromatic heterocycles. The summed E-state index contributed by atoms with van der Waals surface area (Å²) in [5, 5.41) is 11.7. The molecule has 1 fully saturated rings. The lowest BCUT2D eigenvalue weighted by Crippen LogP contribution is -2.42. The molecular weight excluding hydrogens is 469 g/mol. The van der Waals surface area contributed by atoms with E-state index < -0.39 is 11.1 Å². The first-order chi connectivity index (χ1) is 16.2. The number of fused-ring (bicyclic) bond motifs is 1. The van der Waals surface area contributed by atoms with Gasteiger partial charge in [0.05, 0.1) is 5.69 Å². The minimum absolute atomic E-state index is 0.00805. The number of halogens is 3. The molecule has 5 rings (SSSR count). The van der Waals surface area contributed by atoms with Gasteiger partial charge >= 0.3 is 6.18 Å². The second kappa shape index (κ2) is 8.35. The van der Waals surface area contributed by atoms with Gasteiger partial charge in [0.1, 0.15) is 10.7 Å². The van der Waals surface area contributed by atoms with E-state index in [1.54, 1.807) is 13.1 Å². The number of thiazole rings is 1. The molecule has 1 aromatic carbocycles. The van der Waals surface area contributed by atoms with Crippen molar-refractivity contribution in [3.63, 3.8) is 0 Å². The lowest BCUT2D eigenvalue weighted by molar-refractivity contribution is -0.135. The fourth-order valence-electron chi connectivity index (χ4n) is 3.90. The van der Waals surface area contributed by atoms with E-state index in [4.69, 9.17) is 4.52 Å². The van der Waals surface area contributed by atoms with Crippen molar-refractivity contribution >= 4 is 39.0 Å². The third-order valence-corrected chi connectivity index (χ3v) is 6.80. The summed E-state index contributed by atoms with van der Waals surface area (Å²) < 4.78 is 43.9. The van der Waals surface area contributed by atoms with Gasteiger partial charge in [-0.1, -0.05) is 28.6 Å². The standard InChI is InChI=1S/C22H19F3N6O2S/c1-10-17(22(23,24)25)34-21(27-10)30-20(32)14-7-15(8-14)29-19-16-9-13(18-28-11(2)33-31-18)4-3-12(16)5-6-26-19/h3-6,9,14-15H,7-8H2,1-2H3,(H,26,29)(H,27,30,32)/t14-,15+. The number of nitrogens with one attached hydrogen (secondary N) is 2. The van der Waals surface area contributed by atoms with Gasteiger partial charge in [-0.15, -0.1) is 0 Å². The van der Waals surface area contributed by atoms with E-state index in [0.29, 0.717) is 41.7 Å². The normalized spacial score (nSPS) is 18.0. The number of amides is 1. The molecule has 1 aliphatic rings. The summed E-state index contributed by atoms with van der Waals surface area (Å²) in [6.07, 6.45) is -1.72. The summed E-state index contributed by atoms with van der Waals surface area (Å²) in [7, 11) is 0. The lowest BCUT2D eigenvalue weighted by Gasteiger charge is -2.35. The van der Waals surface area contributed by atoms with Crippen molar-refractivity contribution in [1.29, 1.82) is 0 Å². The Labute approximate surface area is 195 Å². The van der Waals surface area contributed by atoms with Gasteiger partial charge in [0, 0.05) is 36.0 Å². The molecule has 3 heterocycles. The van der Waals surface area contributed by atoms with Crippen LogP contribution in [0.1, 0.15) is 29.3 Å². The maximum atomic E-state index is 13.0. The lowest BCUT2D eigenvalue weighted by atomic mass is 9.79. The molecule has 4 aromatic rings. The third-order valence-electron chi connectivity index (χ3n) is 5.69. The number of hydrogen-bond acceptors (Lipinski definition) is 8. The van der Waals surface area contributed by atoms with Crippen LogP contribution in [0.3, 0.4) is 0 Å². The van der Waals surface area contributed by atoms with Crippen LogP contribution in [0.4, 0.5) is 24.1 Å². The van der Waals surface area contributed by atoms with Crippen LogP contribution >= 0.6 is 11.3 Å². The molecule has 1 saturated carbocycles. The Morgan fingerprint density at radius 3 is 2.65 bits per heavy atom. The molecule has 8 nitrogen and oxygen atoms in total. The van der Waals surface area contributed by atoms with Crippen molar-refractivity contribution in [1.82, 2.24) is 20.1 Å². The topological polar surface area (TPSA) is 106 Å². The number of rotatable bonds is 5. The van der Waals surface area contributed by atoms with Crippen LogP contribution in [0.5, 0.6) is 0 Å². The smallest absolute Gasteiger partial charge is 0.367 e. The molecule has 0 saturated heterocycles. The number of aryl methyl sites for hydroxylation is 2. The number of pyridine rings is 1. The van der Waals surface area contributed by atoms with E-state index in [9.17, 15) is 18.0 Å². The molecule has 12 heteroatoms. The van der Waals surface area contributed by atoms with Crippen molar-refractivity contribution in [2.24, 2.45) is 5.92 Å². The average Bonchev–Trinajstić information content (AvgIpc) is 3.35. The van der Waals surface area contributed by atoms with Gasteiger partial charge in [-0.25, -0.2) is 9.97 Å². The highest BCUT2D eigenvalue weighted by molar-refractivity contribution is 7.16. The number of carbonyl (C=O) groups excluding carboxylic acids is 1. The second-order valence-corrected chi connectivity index (χ2v) is 9.16. The van der Waals surface area contributed by atoms with Crippen LogP contribution in [-0.4, -0.2) is 32.1 Å². The summed E-state index contributed by atoms with van der Waals surface area (Å²) in [5.41, 5.74) is 0.654. The van der Waals surface area contributed by atoms with Gasteiger partial charge in [0.25, 0.3) is 0 Å². The van der Waals surface area contributed by atoms with Crippen LogP contribution in [0, 0.1) is 19.8 Å². The molecule has 1 amide bonds. The van der Waals surface area contributed by atoms with E-state index in [-0.39, 0.29) is 28.7 Å². The quantitative estimate of drug-likeness (QED) is 0.397. The van der Waals surface area contributed by atoms with Gasteiger partial charge in [-0.3, -0.25) is 4.79 Å². The van der Waals surface area contributed by atoms with Gasteiger partial charge in [-0.2, -0.15) is 18.2 Å². The molecule has 176 valence electrons. The summed E-state index contributed by atoms with van der Waals surface area (Å²) >= 11 is 0.442. The van der Waals surface area contributed by atoms with E-state index >= 15 is 0 Å². The maximum Gasteiger partial charge on any atom is 0.427 e. The Bertz CT molecular complexity index is 1380. The molecule has 34 heavy (non-hydrogen) atoms. The molecule has 0 unspecified atom stereocenters. The third kappa shape index (κ3) is 4.32. The first kappa shape index (κ1) is 22.3. The number of hydrogen-bond donors (Lipinski definition) is 2. The summed E-state index contributed by atoms with van der Waals surface area (Å²) in [4.78, 5) is 24.2. The number of nitrogens with zero attached hydrogens (tertiary/aromatic N) is 4. The molecule has 0 spiro atoms. The predicted molar refractivity (Wildman–Crippen MR) is 120 cm³/mol. The monoisotopic (exact) mass is 488 g/mol. The minimum atomic E-state index is -4.48. The molecule has 0 radical (unpaired) electrons. The number of anilines is 2. The minimum Gasteiger partial charge on any atom is -0.367 e. The highest BCUT2D eigenvalue weighted by atomic mass is 32.1. The van der Waals surface area contributed by atoms with E-state index in [1.807, 2.05) is 24.3 Å². The Kier molecular flexibility index (Phi) is 5.47. The van der Waals surface area contributed by atoms with E-state index in [1.165, 1.54) is 6.92 Å². The SMILES string of the molecule is Cc1nc(-c2ccc3ccnc(N[C@H]4C[C@@H](C(=O)Nc5nc(C)c(C(F)(F)F)s5)C4)c3c2)no1. The Morgan fingerprint density at radius 1 is 1.18 bits per heavy atom. The molecule has 0 atom stereocenters. The zero-order valence-corrected chi connectivity index (χ0v) is 18.9. The van der Waals surface area contributed by atoms with Crippen molar-refractivity contribution in [3.05, 3.63) is 46.9 Å². The summed E-state index contributed by atoms with van der Waals surface area (Å²) in [6.45, 7) is 3.00. The second-order valence-electron chi connectivity index (χ2n) is 8.16.